The van der Waals surface area contributed by atoms with Gasteiger partial charge in [0, 0.05) is 31.7 Å². The maximum Gasteiger partial charge on any atom is 0.337 e. The molecule has 0 bridgehead atoms. The molecule has 1 unspecified atom stereocenters. The third-order valence-corrected chi connectivity index (χ3v) is 3.70. The lowest BCUT2D eigenvalue weighted by molar-refractivity contribution is -0.175. The molecule has 4 N–H and O–H groups in total. The van der Waals surface area contributed by atoms with E-state index < -0.39 is 11.6 Å². The fourth-order valence-electron chi connectivity index (χ4n) is 2.37. The van der Waals surface area contributed by atoms with Crippen molar-refractivity contribution in [3.63, 3.8) is 0 Å². The van der Waals surface area contributed by atoms with Crippen LogP contribution >= 0.6 is 0 Å². The van der Waals surface area contributed by atoms with Crippen molar-refractivity contribution in [1.29, 1.82) is 0 Å². The van der Waals surface area contributed by atoms with E-state index in [1.807, 2.05) is 0 Å². The van der Waals surface area contributed by atoms with Gasteiger partial charge in [0.25, 0.3) is 0 Å². The molecule has 0 aromatic heterocycles. The van der Waals surface area contributed by atoms with Gasteiger partial charge in [0.15, 0.2) is 5.60 Å². The lowest BCUT2D eigenvalue weighted by atomic mass is 9.97. The highest BCUT2D eigenvalue weighted by atomic mass is 16.7. The number of hydroxylamine groups is 1. The zero-order chi connectivity index (χ0) is 14.5. The van der Waals surface area contributed by atoms with Gasteiger partial charge in [0.2, 0.25) is 0 Å². The highest BCUT2D eigenvalue weighted by molar-refractivity contribution is 5.76. The summed E-state index contributed by atoms with van der Waals surface area (Å²) in [4.78, 5) is 18.6. The van der Waals surface area contributed by atoms with Crippen LogP contribution in [0.1, 0.15) is 40.0 Å². The molecule has 1 saturated heterocycles. The van der Waals surface area contributed by atoms with Crippen LogP contribution in [0, 0.1) is 0 Å². The van der Waals surface area contributed by atoms with Gasteiger partial charge in [-0.25, -0.2) is 4.79 Å². The van der Waals surface area contributed by atoms with Gasteiger partial charge in [0.1, 0.15) is 0 Å². The maximum absolute atomic E-state index is 11.0. The number of carboxylic acids is 1. The van der Waals surface area contributed by atoms with Gasteiger partial charge in [-0.3, -0.25) is 9.74 Å². The molecule has 1 aliphatic rings. The predicted molar refractivity (Wildman–Crippen MR) is 73.7 cm³/mol. The van der Waals surface area contributed by atoms with Crippen molar-refractivity contribution in [3.8, 4) is 0 Å². The Hall–Kier alpha value is -0.690. The fourth-order valence-corrected chi connectivity index (χ4v) is 2.37. The number of piperidine rings is 1. The molecule has 19 heavy (non-hydrogen) atoms. The molecule has 1 fully saturated rings. The van der Waals surface area contributed by atoms with Crippen molar-refractivity contribution in [2.24, 2.45) is 5.73 Å². The van der Waals surface area contributed by atoms with Crippen LogP contribution in [0.15, 0.2) is 0 Å². The van der Waals surface area contributed by atoms with Crippen molar-refractivity contribution in [2.75, 3.05) is 19.6 Å². The molecule has 6 nitrogen and oxygen atoms in total. The van der Waals surface area contributed by atoms with E-state index in [0.29, 0.717) is 12.6 Å². The summed E-state index contributed by atoms with van der Waals surface area (Å²) in [7, 11) is 0. The van der Waals surface area contributed by atoms with Crippen LogP contribution in [0.3, 0.4) is 0 Å². The monoisotopic (exact) mass is 273 g/mol. The van der Waals surface area contributed by atoms with Crippen molar-refractivity contribution in [1.82, 2.24) is 10.4 Å². The molecule has 6 heteroatoms. The first-order chi connectivity index (χ1) is 8.90. The maximum atomic E-state index is 11.0. The van der Waals surface area contributed by atoms with Crippen LogP contribution in [-0.4, -0.2) is 53.3 Å². The molecule has 0 spiro atoms. The molecule has 1 rings (SSSR count). The van der Waals surface area contributed by atoms with Crippen molar-refractivity contribution >= 4 is 5.97 Å². The average molecular weight is 273 g/mol. The second-order valence-corrected chi connectivity index (χ2v) is 5.66. The van der Waals surface area contributed by atoms with E-state index in [1.54, 1.807) is 0 Å². The Morgan fingerprint density at radius 1 is 1.53 bits per heavy atom. The average Bonchev–Trinajstić information content (AvgIpc) is 2.37. The summed E-state index contributed by atoms with van der Waals surface area (Å²) in [6.45, 7) is 7.64. The van der Waals surface area contributed by atoms with Gasteiger partial charge in [-0.2, -0.15) is 5.48 Å². The first-order valence-corrected chi connectivity index (χ1v) is 7.01. The normalized spacial score (nSPS) is 25.5. The van der Waals surface area contributed by atoms with E-state index in [9.17, 15) is 4.79 Å². The number of aliphatic carboxylic acids is 1. The third-order valence-electron chi connectivity index (χ3n) is 3.70. The summed E-state index contributed by atoms with van der Waals surface area (Å²) >= 11 is 0. The Kier molecular flexibility index (Phi) is 6.19. The number of hydrogen-bond acceptors (Lipinski definition) is 5. The summed E-state index contributed by atoms with van der Waals surface area (Å²) in [5.41, 5.74) is 7.34. The van der Waals surface area contributed by atoms with Crippen LogP contribution in [0.4, 0.5) is 0 Å². The fraction of sp³-hybridized carbons (Fsp3) is 0.923. The minimum Gasteiger partial charge on any atom is -0.479 e. The molecular formula is C13H27N3O3. The predicted octanol–water partition coefficient (Wildman–Crippen LogP) is 0.573. The van der Waals surface area contributed by atoms with Crippen LogP contribution in [0.2, 0.25) is 0 Å². The minimum atomic E-state index is -1.21. The summed E-state index contributed by atoms with van der Waals surface area (Å²) in [5, 5.41) is 9.00. The smallest absolute Gasteiger partial charge is 0.337 e. The Labute approximate surface area is 115 Å². The number of carboxylic acid groups (broad SMARTS) is 1. The lowest BCUT2D eigenvalue weighted by Gasteiger charge is -2.39. The Balaban J connectivity index is 2.46. The molecule has 0 aromatic carbocycles. The zero-order valence-corrected chi connectivity index (χ0v) is 12.2. The van der Waals surface area contributed by atoms with Crippen LogP contribution in [0.25, 0.3) is 0 Å². The molecule has 0 aromatic rings. The number of likely N-dealkylation sites (tertiary alicyclic amines) is 1. The van der Waals surface area contributed by atoms with Crippen molar-refractivity contribution in [3.05, 3.63) is 0 Å². The van der Waals surface area contributed by atoms with Crippen molar-refractivity contribution < 1.29 is 14.7 Å². The molecular weight excluding hydrogens is 246 g/mol. The van der Waals surface area contributed by atoms with Gasteiger partial charge in [-0.15, -0.1) is 0 Å². The van der Waals surface area contributed by atoms with Crippen LogP contribution in [-0.2, 0) is 9.63 Å². The molecule has 0 saturated carbocycles. The van der Waals surface area contributed by atoms with E-state index in [0.717, 1.165) is 32.4 Å². The molecule has 1 aliphatic heterocycles. The minimum absolute atomic E-state index is 0.160. The van der Waals surface area contributed by atoms with E-state index in [4.69, 9.17) is 15.7 Å². The quantitative estimate of drug-likeness (QED) is 0.588. The molecule has 0 radical (unpaired) electrons. The summed E-state index contributed by atoms with van der Waals surface area (Å²) in [5.74, 6) is -0.971. The summed E-state index contributed by atoms with van der Waals surface area (Å²) < 4.78 is 0. The number of rotatable bonds is 7. The number of hydrogen-bond donors (Lipinski definition) is 3. The summed E-state index contributed by atoms with van der Waals surface area (Å²) in [6, 6.07) is 0.738. The van der Waals surface area contributed by atoms with Gasteiger partial charge in [-0.1, -0.05) is 6.92 Å². The van der Waals surface area contributed by atoms with Gasteiger partial charge in [0.05, 0.1) is 0 Å². The molecule has 112 valence electrons. The Morgan fingerprint density at radius 3 is 2.74 bits per heavy atom. The second-order valence-electron chi connectivity index (χ2n) is 5.66. The SMILES string of the molecule is CC[C@@H]1CCC(NOC(C)(C)C(=O)O)CN1CCN. The van der Waals surface area contributed by atoms with E-state index in [1.165, 1.54) is 13.8 Å². The first kappa shape index (κ1) is 16.4. The van der Waals surface area contributed by atoms with Crippen LogP contribution < -0.4 is 11.2 Å². The highest BCUT2D eigenvalue weighted by Gasteiger charge is 2.32. The molecule has 2 atom stereocenters. The lowest BCUT2D eigenvalue weighted by Crippen LogP contribution is -2.53. The van der Waals surface area contributed by atoms with Gasteiger partial charge < -0.3 is 10.8 Å². The van der Waals surface area contributed by atoms with E-state index in [2.05, 4.69) is 17.3 Å². The number of nitrogens with zero attached hydrogens (tertiary/aromatic N) is 1. The zero-order valence-electron chi connectivity index (χ0n) is 12.2. The molecule has 0 aliphatic carbocycles. The molecule has 1 heterocycles. The number of nitrogens with one attached hydrogen (secondary N) is 1. The van der Waals surface area contributed by atoms with Crippen molar-refractivity contribution in [2.45, 2.75) is 57.7 Å². The Bertz CT molecular complexity index is 297. The van der Waals surface area contributed by atoms with Crippen LogP contribution in [0.5, 0.6) is 0 Å². The highest BCUT2D eigenvalue weighted by Crippen LogP contribution is 2.20. The van der Waals surface area contributed by atoms with Gasteiger partial charge in [-0.05, 0) is 33.1 Å². The second kappa shape index (κ2) is 7.19. The number of carbonyl (C=O) groups is 1. The van der Waals surface area contributed by atoms with E-state index in [-0.39, 0.29) is 6.04 Å². The molecule has 0 amide bonds. The van der Waals surface area contributed by atoms with E-state index >= 15 is 0 Å². The Morgan fingerprint density at radius 2 is 2.21 bits per heavy atom. The first-order valence-electron chi connectivity index (χ1n) is 7.01. The standard InChI is InChI=1S/C13H27N3O3/c1-4-11-6-5-10(9-16(11)8-7-14)15-19-13(2,3)12(17)18/h10-11,15H,4-9,14H2,1-3H3,(H,17,18)/t10?,11-/m1/s1. The third kappa shape index (κ3) is 4.72. The largest absolute Gasteiger partial charge is 0.479 e. The number of nitrogens with two attached hydrogens (primary N) is 1. The summed E-state index contributed by atoms with van der Waals surface area (Å²) in [6.07, 6.45) is 3.20. The topological polar surface area (TPSA) is 87.8 Å². The van der Waals surface area contributed by atoms with Gasteiger partial charge >= 0.3 is 5.97 Å².